The maximum absolute atomic E-state index is 9.62. The number of hydrogen-bond donors (Lipinski definition) is 0. The van der Waals surface area contributed by atoms with Gasteiger partial charge in [0.25, 0.3) is 0 Å². The Morgan fingerprint density at radius 2 is 0.663 bits per heavy atom. The van der Waals surface area contributed by atoms with Crippen LogP contribution in [0.2, 0.25) is 0 Å². The van der Waals surface area contributed by atoms with Gasteiger partial charge in [-0.25, -0.2) is 0 Å². The fourth-order valence-electron chi connectivity index (χ4n) is 7.83. The Balaban J connectivity index is 0.000000192. The van der Waals surface area contributed by atoms with Gasteiger partial charge in [0.05, 0.1) is 35.6 Å². The van der Waals surface area contributed by atoms with Gasteiger partial charge in [0.2, 0.25) is 0 Å². The molecule has 0 spiro atoms. The van der Waals surface area contributed by atoms with E-state index in [4.69, 9.17) is 39.4 Å². The van der Waals surface area contributed by atoms with Crippen molar-refractivity contribution in [1.82, 2.24) is 0 Å². The van der Waals surface area contributed by atoms with Gasteiger partial charge in [-0.3, -0.25) is 0 Å². The molecule has 11 rings (SSSR count). The molecular formula is C68H64Cl2I2O5P2PdS3. The summed E-state index contributed by atoms with van der Waals surface area (Å²) in [5.74, 6) is 3.13. The predicted octanol–water partition coefficient (Wildman–Crippen LogP) is 19.0. The number of methoxy groups -OCH3 is 4. The second-order valence-electron chi connectivity index (χ2n) is 16.9. The van der Waals surface area contributed by atoms with E-state index in [0.29, 0.717) is 0 Å². The van der Waals surface area contributed by atoms with Crippen molar-refractivity contribution >= 4 is 152 Å². The first kappa shape index (κ1) is 67.4. The summed E-state index contributed by atoms with van der Waals surface area (Å²) in [4.78, 5) is 13.4. The minimum absolute atomic E-state index is 0.0787. The molecule has 0 bridgehead atoms. The number of Topliss-reactive ketones (excluding diaryl/α,β-unsaturated/α-hetero) is 1. The third kappa shape index (κ3) is 22.9. The van der Waals surface area contributed by atoms with E-state index in [9.17, 15) is 4.79 Å². The molecule has 83 heavy (non-hydrogen) atoms. The molecule has 0 atom stereocenters. The Morgan fingerprint density at radius 3 is 0.843 bits per heavy atom. The van der Waals surface area contributed by atoms with Gasteiger partial charge in [0.15, 0.2) is 23.0 Å². The number of halogens is 4. The van der Waals surface area contributed by atoms with E-state index in [0.717, 1.165) is 41.3 Å². The van der Waals surface area contributed by atoms with Crippen LogP contribution in [-0.4, -0.2) is 34.2 Å². The molecule has 0 aliphatic rings. The maximum atomic E-state index is 9.62. The SMILES string of the molecule is COc1c(-c2cccs2)ccc(-c2cccs2)c1OC.COc1c(I)ccc(I)c1OC.Cc1cccs1.[2H]CC(C)=O.[Cl][Pd][Cl].c1ccc(P(c2ccccc2)c2ccccc2)cc1.c1ccc(P(c2ccccc2)c2ccccc2)cc1. The summed E-state index contributed by atoms with van der Waals surface area (Å²) >= 11 is 9.50. The molecule has 15 heteroatoms. The van der Waals surface area contributed by atoms with Gasteiger partial charge in [-0.2, -0.15) is 0 Å². The van der Waals surface area contributed by atoms with Crippen molar-refractivity contribution in [3.8, 4) is 43.9 Å². The zero-order valence-corrected chi connectivity index (χ0v) is 58.1. The van der Waals surface area contributed by atoms with Gasteiger partial charge in [-0.15, -0.1) is 34.0 Å². The van der Waals surface area contributed by atoms with E-state index in [1.807, 2.05) is 24.3 Å². The topological polar surface area (TPSA) is 54.0 Å². The normalized spacial score (nSPS) is 10.1. The number of hydrogen-bond acceptors (Lipinski definition) is 8. The molecule has 0 amide bonds. The molecule has 3 aromatic heterocycles. The minimum Gasteiger partial charge on any atom is -0.0622 e. The summed E-state index contributed by atoms with van der Waals surface area (Å²) < 4.78 is 30.1. The molecule has 0 aliphatic heterocycles. The summed E-state index contributed by atoms with van der Waals surface area (Å²) in [7, 11) is 15.4. The molecule has 8 aromatic carbocycles. The van der Waals surface area contributed by atoms with Crippen LogP contribution in [0.15, 0.2) is 259 Å². The first-order valence-corrected chi connectivity index (χ1v) is 36.9. The number of carbonyl (C=O) groups excluding carboxylic acids is 1. The molecular weight excluding hydrogens is 1490 g/mol. The Kier molecular flexibility index (Phi) is 32.3. The first-order valence-electron chi connectivity index (χ1n) is 26.1. The summed E-state index contributed by atoms with van der Waals surface area (Å²) in [6.45, 7) is 3.41. The van der Waals surface area contributed by atoms with Crippen molar-refractivity contribution in [2.75, 3.05) is 28.4 Å². The molecule has 432 valence electrons. The van der Waals surface area contributed by atoms with Crippen LogP contribution in [-0.2, 0) is 20.7 Å². The van der Waals surface area contributed by atoms with Gasteiger partial charge >= 0.3 is 35.0 Å². The summed E-state index contributed by atoms with van der Waals surface area (Å²) in [6, 6.07) is 85.3. The number of thiophene rings is 3. The molecule has 11 aromatic rings. The van der Waals surface area contributed by atoms with E-state index in [1.165, 1.54) is 53.4 Å². The molecule has 0 unspecified atom stereocenters. The van der Waals surface area contributed by atoms with Crippen LogP contribution in [0.1, 0.15) is 20.1 Å². The predicted molar refractivity (Wildman–Crippen MR) is 379 cm³/mol. The van der Waals surface area contributed by atoms with E-state index < -0.39 is 15.8 Å². The van der Waals surface area contributed by atoms with E-state index in [1.54, 1.807) is 62.4 Å². The second kappa shape index (κ2) is 39.8. The third-order valence-corrected chi connectivity index (χ3v) is 20.5. The number of ether oxygens (including phenoxy) is 4. The van der Waals surface area contributed by atoms with Crippen LogP contribution in [0, 0.1) is 14.1 Å². The van der Waals surface area contributed by atoms with Crippen LogP contribution in [0.4, 0.5) is 0 Å². The van der Waals surface area contributed by atoms with Crippen molar-refractivity contribution in [2.24, 2.45) is 0 Å². The van der Waals surface area contributed by atoms with Gasteiger partial charge < -0.3 is 23.7 Å². The Hall–Kier alpha value is -4.71. The number of ketones is 1. The quantitative estimate of drug-likeness (QED) is 0.0693. The summed E-state index contributed by atoms with van der Waals surface area (Å²) in [5, 5.41) is 14.6. The van der Waals surface area contributed by atoms with E-state index in [2.05, 4.69) is 287 Å². The Labute approximate surface area is 550 Å². The first-order chi connectivity index (χ1) is 41.0. The fourth-order valence-corrected chi connectivity index (χ4v) is 15.8. The van der Waals surface area contributed by atoms with Crippen molar-refractivity contribution in [2.45, 2.75) is 20.7 Å². The monoisotopic (exact) mass is 1550 g/mol. The average molecular weight is 1550 g/mol. The molecule has 5 nitrogen and oxygen atoms in total. The fraction of sp³-hybridized carbons (Fsp3) is 0.103. The third-order valence-electron chi connectivity index (χ3n) is 11.3. The van der Waals surface area contributed by atoms with Crippen molar-refractivity contribution in [3.63, 3.8) is 0 Å². The molecule has 0 saturated heterocycles. The van der Waals surface area contributed by atoms with E-state index in [-0.39, 0.29) is 28.6 Å². The van der Waals surface area contributed by atoms with Crippen LogP contribution in [0.3, 0.4) is 0 Å². The van der Waals surface area contributed by atoms with Crippen LogP contribution in [0.25, 0.3) is 20.9 Å². The Bertz CT molecular complexity index is 3100. The molecule has 0 saturated carbocycles. The molecule has 3 heterocycles. The number of rotatable bonds is 12. The van der Waals surface area contributed by atoms with Crippen molar-refractivity contribution < 1.29 is 41.1 Å². The second-order valence-corrected chi connectivity index (χ2v) is 29.1. The zero-order chi connectivity index (χ0) is 60.3. The standard InChI is InChI=1S/2C18H15P.C16H14O2S2.C8H8I2O2.C5H6S.C3H6O.2ClH.Pd/c2*1-4-10-16(11-5-1)19(17-12-6-2-7-13-17)18-14-8-3-9-15-18;1-17-15-11(13-5-3-9-19-13)7-8-12(16(15)18-2)14-6-4-10-20-14;1-11-7-5(9)3-4-6(10)8(7)12-2;1-5-3-2-4-6-5;1-3(2)4;;;/h2*1-15H;3-10H,1-2H3;3-4H,1-2H3;2-4H,1H3;1-2H3;2*1H;/q;;;;;;;;+2/p-2/i;;;;;1D;;;. The summed E-state index contributed by atoms with van der Waals surface area (Å²) in [6.07, 6.45) is 0. The van der Waals surface area contributed by atoms with Gasteiger partial charge in [0, 0.05) is 27.1 Å². The molecule has 0 fully saturated rings. The number of benzene rings is 8. The van der Waals surface area contributed by atoms with Crippen LogP contribution >= 0.6 is 114 Å². The largest absolute Gasteiger partial charge is 0.0622 e. The average Bonchev–Trinajstić information content (AvgIpc) is 3.84. The van der Waals surface area contributed by atoms with Crippen LogP contribution in [0.5, 0.6) is 23.0 Å². The smallest absolute Gasteiger partial charge is 0.0134 e. The Morgan fingerprint density at radius 1 is 0.410 bits per heavy atom. The number of aryl methyl sites for hydroxylation is 1. The van der Waals surface area contributed by atoms with Gasteiger partial charge in [-0.1, -0.05) is 200 Å². The number of carbonyl (C=O) groups is 1. The van der Waals surface area contributed by atoms with E-state index >= 15 is 0 Å². The zero-order valence-electron chi connectivity index (χ0n) is 47.5. The molecule has 0 radical (unpaired) electrons. The van der Waals surface area contributed by atoms with Crippen molar-refractivity contribution in [1.29, 1.82) is 0 Å². The maximum Gasteiger partial charge on any atom is -0.0134 e. The van der Waals surface area contributed by atoms with Crippen molar-refractivity contribution in [3.05, 3.63) is 271 Å². The summed E-state index contributed by atoms with van der Waals surface area (Å²) in [5.41, 5.74) is 2.14. The van der Waals surface area contributed by atoms with Gasteiger partial charge in [-0.05, 0) is 172 Å². The molecule has 0 N–H and O–H groups in total. The van der Waals surface area contributed by atoms with Gasteiger partial charge in [0.1, 0.15) is 5.78 Å². The molecule has 0 aliphatic carbocycles. The minimum atomic E-state index is -0.446. The van der Waals surface area contributed by atoms with Crippen LogP contribution < -0.4 is 50.8 Å².